The molecule has 0 aromatic heterocycles. The lowest BCUT2D eigenvalue weighted by molar-refractivity contribution is -0.128. The van der Waals surface area contributed by atoms with Gasteiger partial charge in [-0.2, -0.15) is 0 Å². The van der Waals surface area contributed by atoms with Crippen LogP contribution in [0, 0.1) is 13.8 Å². The predicted molar refractivity (Wildman–Crippen MR) is 81.9 cm³/mol. The zero-order valence-electron chi connectivity index (χ0n) is 12.5. The van der Waals surface area contributed by atoms with Crippen LogP contribution in [0.2, 0.25) is 0 Å². The maximum absolute atomic E-state index is 12.1. The van der Waals surface area contributed by atoms with Crippen LogP contribution in [-0.2, 0) is 15.6 Å². The molecule has 1 saturated heterocycles. The van der Waals surface area contributed by atoms with Gasteiger partial charge in [-0.15, -0.1) is 0 Å². The van der Waals surface area contributed by atoms with E-state index in [4.69, 9.17) is 0 Å². The minimum atomic E-state index is -0.924. The number of hydrogen-bond donors (Lipinski definition) is 1. The third-order valence-corrected chi connectivity index (χ3v) is 5.11. The lowest BCUT2D eigenvalue weighted by Crippen LogP contribution is -2.37. The first-order valence-corrected chi connectivity index (χ1v) is 8.44. The Labute approximate surface area is 123 Å². The topological polar surface area (TPSA) is 49.4 Å². The number of rotatable bonds is 4. The molecule has 110 valence electrons. The number of aryl methyl sites for hydroxylation is 2. The fourth-order valence-corrected chi connectivity index (χ4v) is 2.83. The first kappa shape index (κ1) is 15.2. The van der Waals surface area contributed by atoms with Crippen LogP contribution >= 0.6 is 0 Å². The summed E-state index contributed by atoms with van der Waals surface area (Å²) >= 11 is 0. The highest BCUT2D eigenvalue weighted by Crippen LogP contribution is 2.26. The normalized spacial score (nSPS) is 22.1. The van der Waals surface area contributed by atoms with Crippen LogP contribution in [0.3, 0.4) is 0 Å². The maximum atomic E-state index is 12.1. The number of amides is 1. The lowest BCUT2D eigenvalue weighted by Gasteiger charge is -2.28. The summed E-state index contributed by atoms with van der Waals surface area (Å²) in [6, 6.07) is 6.27. The molecule has 0 spiro atoms. The van der Waals surface area contributed by atoms with Gasteiger partial charge in [0.2, 0.25) is 5.91 Å². The van der Waals surface area contributed by atoms with Crippen LogP contribution in [0.5, 0.6) is 0 Å². The molecule has 5 heteroatoms. The Morgan fingerprint density at radius 2 is 2.15 bits per heavy atom. The molecule has 0 aliphatic carbocycles. The van der Waals surface area contributed by atoms with Crippen molar-refractivity contribution >= 4 is 16.7 Å². The second kappa shape index (κ2) is 6.06. The van der Waals surface area contributed by atoms with E-state index in [-0.39, 0.29) is 17.3 Å². The molecule has 0 saturated carbocycles. The molecular formula is C15H22N2O2S. The lowest BCUT2D eigenvalue weighted by atomic mass is 10.0. The monoisotopic (exact) mass is 294 g/mol. The third-order valence-electron chi connectivity index (χ3n) is 3.83. The largest absolute Gasteiger partial charge is 0.321 e. The molecule has 0 radical (unpaired) electrons. The summed E-state index contributed by atoms with van der Waals surface area (Å²) in [6.45, 7) is 6.89. The average molecular weight is 294 g/mol. The van der Waals surface area contributed by atoms with Gasteiger partial charge in [-0.25, -0.2) is 0 Å². The Morgan fingerprint density at radius 1 is 1.45 bits per heavy atom. The molecule has 4 nitrogen and oxygen atoms in total. The van der Waals surface area contributed by atoms with Gasteiger partial charge in [0.25, 0.3) is 0 Å². The van der Waals surface area contributed by atoms with Crippen molar-refractivity contribution in [1.82, 2.24) is 10.2 Å². The van der Waals surface area contributed by atoms with Crippen LogP contribution in [-0.4, -0.2) is 39.6 Å². The number of carbonyl (C=O) groups excluding carboxylic acids is 1. The fourth-order valence-electron chi connectivity index (χ4n) is 2.46. The Kier molecular flexibility index (Phi) is 4.60. The van der Waals surface area contributed by atoms with Crippen LogP contribution in [0.4, 0.5) is 0 Å². The maximum Gasteiger partial charge on any atom is 0.238 e. The molecule has 0 bridgehead atoms. The van der Waals surface area contributed by atoms with Gasteiger partial charge in [0.15, 0.2) is 0 Å². The summed E-state index contributed by atoms with van der Waals surface area (Å²) in [5.74, 6) is 0.0770. The van der Waals surface area contributed by atoms with Crippen molar-refractivity contribution in [2.24, 2.45) is 0 Å². The first-order valence-electron chi connectivity index (χ1n) is 6.82. The molecule has 1 aromatic carbocycles. The van der Waals surface area contributed by atoms with Crippen molar-refractivity contribution in [3.05, 3.63) is 34.9 Å². The summed E-state index contributed by atoms with van der Waals surface area (Å²) in [6.07, 6.45) is 1.58. The van der Waals surface area contributed by atoms with Gasteiger partial charge in [-0.05, 0) is 31.9 Å². The summed E-state index contributed by atoms with van der Waals surface area (Å²) in [4.78, 5) is 13.9. The third kappa shape index (κ3) is 3.10. The standard InChI is InChI=1S/C15H22N2O2S/c1-10-5-6-11(2)13(7-10)15-16-8-14(18)17(15)9-12(3)20(4)19/h5-7,12,15-16H,8-9H2,1-4H3. The van der Waals surface area contributed by atoms with Gasteiger partial charge < -0.3 is 4.90 Å². The smallest absolute Gasteiger partial charge is 0.238 e. The van der Waals surface area contributed by atoms with E-state index >= 15 is 0 Å². The molecule has 20 heavy (non-hydrogen) atoms. The molecule has 1 N–H and O–H groups in total. The zero-order chi connectivity index (χ0) is 14.9. The van der Waals surface area contributed by atoms with E-state index < -0.39 is 10.8 Å². The molecule has 1 fully saturated rings. The molecule has 3 unspecified atom stereocenters. The van der Waals surface area contributed by atoms with Crippen molar-refractivity contribution < 1.29 is 9.00 Å². The second-order valence-corrected chi connectivity index (χ2v) is 7.30. The minimum absolute atomic E-state index is 0.0218. The fraction of sp³-hybridized carbons (Fsp3) is 0.533. The van der Waals surface area contributed by atoms with Crippen LogP contribution < -0.4 is 5.32 Å². The van der Waals surface area contributed by atoms with Crippen LogP contribution in [0.15, 0.2) is 18.2 Å². The molecule has 1 aliphatic rings. The first-order chi connectivity index (χ1) is 9.40. The van der Waals surface area contributed by atoms with Crippen molar-refractivity contribution in [2.45, 2.75) is 32.2 Å². The minimum Gasteiger partial charge on any atom is -0.321 e. The highest BCUT2D eigenvalue weighted by molar-refractivity contribution is 7.84. The zero-order valence-corrected chi connectivity index (χ0v) is 13.3. The van der Waals surface area contributed by atoms with Crippen LogP contribution in [0.1, 0.15) is 29.8 Å². The molecule has 3 atom stereocenters. The van der Waals surface area contributed by atoms with E-state index in [1.54, 1.807) is 6.26 Å². The highest BCUT2D eigenvalue weighted by Gasteiger charge is 2.33. The van der Waals surface area contributed by atoms with E-state index in [1.165, 1.54) is 5.56 Å². The van der Waals surface area contributed by atoms with E-state index in [9.17, 15) is 9.00 Å². The van der Waals surface area contributed by atoms with Crippen LogP contribution in [0.25, 0.3) is 0 Å². The summed E-state index contributed by atoms with van der Waals surface area (Å²) in [7, 11) is -0.924. The quantitative estimate of drug-likeness (QED) is 0.915. The van der Waals surface area contributed by atoms with Gasteiger partial charge in [0.05, 0.1) is 6.54 Å². The number of carbonyl (C=O) groups is 1. The van der Waals surface area contributed by atoms with Crippen molar-refractivity contribution in [2.75, 3.05) is 19.3 Å². The van der Waals surface area contributed by atoms with Gasteiger partial charge in [-0.1, -0.05) is 23.8 Å². The van der Waals surface area contributed by atoms with E-state index in [1.807, 2.05) is 18.7 Å². The van der Waals surface area contributed by atoms with E-state index in [2.05, 4.69) is 30.4 Å². The Morgan fingerprint density at radius 3 is 2.80 bits per heavy atom. The Bertz CT molecular complexity index is 545. The van der Waals surface area contributed by atoms with Gasteiger partial charge in [0, 0.05) is 28.9 Å². The van der Waals surface area contributed by atoms with Gasteiger partial charge in [-0.3, -0.25) is 14.3 Å². The Balaban J connectivity index is 2.27. The van der Waals surface area contributed by atoms with Gasteiger partial charge in [0.1, 0.15) is 6.17 Å². The number of nitrogens with zero attached hydrogens (tertiary/aromatic N) is 1. The van der Waals surface area contributed by atoms with E-state index in [0.717, 1.165) is 11.1 Å². The summed E-state index contributed by atoms with van der Waals surface area (Å²) in [5.41, 5.74) is 3.47. The van der Waals surface area contributed by atoms with Crippen molar-refractivity contribution in [3.8, 4) is 0 Å². The summed E-state index contributed by atoms with van der Waals surface area (Å²) < 4.78 is 11.6. The summed E-state index contributed by atoms with van der Waals surface area (Å²) in [5, 5.41) is 3.24. The molecule has 1 amide bonds. The Hall–Kier alpha value is -1.20. The number of nitrogens with one attached hydrogen (secondary N) is 1. The predicted octanol–water partition coefficient (Wildman–Crippen LogP) is 1.50. The molecule has 1 aliphatic heterocycles. The van der Waals surface area contributed by atoms with Crippen molar-refractivity contribution in [1.29, 1.82) is 0 Å². The SMILES string of the molecule is Cc1ccc(C)c(C2NCC(=O)N2CC(C)S(C)=O)c1. The second-order valence-electron chi connectivity index (χ2n) is 5.50. The van der Waals surface area contributed by atoms with Gasteiger partial charge >= 0.3 is 0 Å². The molecular weight excluding hydrogens is 272 g/mol. The number of hydrogen-bond acceptors (Lipinski definition) is 3. The van der Waals surface area contributed by atoms with E-state index in [0.29, 0.717) is 13.1 Å². The molecule has 1 aromatic rings. The molecule has 2 rings (SSSR count). The van der Waals surface area contributed by atoms with Crippen molar-refractivity contribution in [3.63, 3.8) is 0 Å². The highest BCUT2D eigenvalue weighted by atomic mass is 32.2. The number of benzene rings is 1. The molecule has 1 heterocycles. The average Bonchev–Trinajstić information content (AvgIpc) is 2.74.